The van der Waals surface area contributed by atoms with Gasteiger partial charge in [-0.1, -0.05) is 40.2 Å². The molecule has 1 aromatic carbocycles. The molecule has 0 radical (unpaired) electrons. The molecule has 19 heavy (non-hydrogen) atoms. The van der Waals surface area contributed by atoms with Gasteiger partial charge in [0.2, 0.25) is 0 Å². The zero-order chi connectivity index (χ0) is 13.1. The molecule has 100 valence electrons. The number of nitrogens with one attached hydrogen (secondary N) is 1. The van der Waals surface area contributed by atoms with Crippen LogP contribution in [0.1, 0.15) is 29.2 Å². The van der Waals surface area contributed by atoms with Crippen molar-refractivity contribution in [3.8, 4) is 0 Å². The third-order valence-corrected chi connectivity index (χ3v) is 5.53. The van der Waals surface area contributed by atoms with Gasteiger partial charge in [-0.3, -0.25) is 0 Å². The first-order valence-electron chi connectivity index (χ1n) is 6.83. The number of hydrogen-bond acceptors (Lipinski definition) is 2. The van der Waals surface area contributed by atoms with Crippen LogP contribution in [0.2, 0.25) is 0 Å². The second kappa shape index (κ2) is 6.21. The molecule has 3 heteroatoms. The van der Waals surface area contributed by atoms with Gasteiger partial charge in [0.1, 0.15) is 0 Å². The van der Waals surface area contributed by atoms with Crippen LogP contribution in [0.15, 0.2) is 46.3 Å². The van der Waals surface area contributed by atoms with E-state index in [0.29, 0.717) is 6.04 Å². The summed E-state index contributed by atoms with van der Waals surface area (Å²) in [6.07, 6.45) is 3.70. The average molecular weight is 336 g/mol. The van der Waals surface area contributed by atoms with E-state index in [1.807, 2.05) is 11.3 Å². The van der Waals surface area contributed by atoms with Gasteiger partial charge in [-0.05, 0) is 48.3 Å². The molecule has 1 nitrogen and oxygen atoms in total. The molecular weight excluding hydrogens is 318 g/mol. The molecule has 1 aliphatic carbocycles. The van der Waals surface area contributed by atoms with E-state index in [4.69, 9.17) is 0 Å². The minimum Gasteiger partial charge on any atom is -0.314 e. The molecule has 0 amide bonds. The summed E-state index contributed by atoms with van der Waals surface area (Å²) in [7, 11) is 0. The smallest absolute Gasteiger partial charge is 0.0210 e. The topological polar surface area (TPSA) is 12.0 Å². The van der Waals surface area contributed by atoms with Crippen molar-refractivity contribution in [3.05, 3.63) is 56.7 Å². The maximum atomic E-state index is 3.67. The third-order valence-electron chi connectivity index (χ3n) is 3.87. The molecule has 0 spiro atoms. The van der Waals surface area contributed by atoms with Crippen molar-refractivity contribution in [2.75, 3.05) is 6.54 Å². The normalized spacial score (nSPS) is 22.2. The quantitative estimate of drug-likeness (QED) is 0.842. The highest BCUT2D eigenvalue weighted by molar-refractivity contribution is 9.10. The zero-order valence-electron chi connectivity index (χ0n) is 10.8. The maximum absolute atomic E-state index is 3.67. The lowest BCUT2D eigenvalue weighted by Gasteiger charge is -2.37. The Bertz CT molecular complexity index is 517. The maximum Gasteiger partial charge on any atom is 0.0210 e. The Labute approximate surface area is 127 Å². The van der Waals surface area contributed by atoms with Crippen LogP contribution in [0.3, 0.4) is 0 Å². The minimum atomic E-state index is 0.706. The fourth-order valence-electron chi connectivity index (χ4n) is 2.70. The first-order chi connectivity index (χ1) is 9.33. The van der Waals surface area contributed by atoms with Gasteiger partial charge < -0.3 is 5.32 Å². The molecule has 0 saturated heterocycles. The lowest BCUT2D eigenvalue weighted by molar-refractivity contribution is 0.292. The highest BCUT2D eigenvalue weighted by Gasteiger charge is 2.30. The van der Waals surface area contributed by atoms with Crippen LogP contribution < -0.4 is 5.32 Å². The van der Waals surface area contributed by atoms with Gasteiger partial charge in [0, 0.05) is 21.9 Å². The molecule has 1 fully saturated rings. The molecule has 1 aliphatic rings. The number of hydrogen-bond donors (Lipinski definition) is 1. The molecule has 0 bridgehead atoms. The van der Waals surface area contributed by atoms with Gasteiger partial charge in [-0.2, -0.15) is 0 Å². The standard InChI is InChI=1S/C16H18BrNS/c17-16-6-2-1-5-15(16)12-10-13(11-12)18-8-7-14-4-3-9-19-14/h1-6,9,12-13,18H,7-8,10-11H2. The van der Waals surface area contributed by atoms with Gasteiger partial charge in [0.25, 0.3) is 0 Å². The van der Waals surface area contributed by atoms with Crippen molar-refractivity contribution in [1.82, 2.24) is 5.32 Å². The largest absolute Gasteiger partial charge is 0.314 e. The summed E-state index contributed by atoms with van der Waals surface area (Å²) in [5.41, 5.74) is 1.47. The van der Waals surface area contributed by atoms with Gasteiger partial charge in [0.15, 0.2) is 0 Å². The van der Waals surface area contributed by atoms with Crippen molar-refractivity contribution in [2.24, 2.45) is 0 Å². The molecule has 0 atom stereocenters. The van der Waals surface area contributed by atoms with Crippen LogP contribution >= 0.6 is 27.3 Å². The van der Waals surface area contributed by atoms with Crippen LogP contribution in [0.25, 0.3) is 0 Å². The number of halogens is 1. The van der Waals surface area contributed by atoms with Gasteiger partial charge >= 0.3 is 0 Å². The van der Waals surface area contributed by atoms with Crippen molar-refractivity contribution in [3.63, 3.8) is 0 Å². The fraction of sp³-hybridized carbons (Fsp3) is 0.375. The summed E-state index contributed by atoms with van der Waals surface area (Å²) in [4.78, 5) is 1.48. The summed E-state index contributed by atoms with van der Waals surface area (Å²) in [6.45, 7) is 1.11. The number of thiophene rings is 1. The molecule has 1 saturated carbocycles. The Morgan fingerprint density at radius 2 is 2.00 bits per heavy atom. The monoisotopic (exact) mass is 335 g/mol. The molecular formula is C16H18BrNS. The number of rotatable bonds is 5. The van der Waals surface area contributed by atoms with Gasteiger partial charge in [0.05, 0.1) is 0 Å². The third kappa shape index (κ3) is 3.28. The van der Waals surface area contributed by atoms with E-state index in [2.05, 4.69) is 63.0 Å². The SMILES string of the molecule is Brc1ccccc1C1CC(NCCc2cccs2)C1. The van der Waals surface area contributed by atoms with E-state index in [1.165, 1.54) is 27.8 Å². The Morgan fingerprint density at radius 3 is 2.74 bits per heavy atom. The summed E-state index contributed by atoms with van der Waals surface area (Å²) in [5.74, 6) is 0.731. The highest BCUT2D eigenvalue weighted by Crippen LogP contribution is 2.39. The van der Waals surface area contributed by atoms with Crippen LogP contribution in [0, 0.1) is 0 Å². The summed E-state index contributed by atoms with van der Waals surface area (Å²) < 4.78 is 1.26. The molecule has 1 N–H and O–H groups in total. The zero-order valence-corrected chi connectivity index (χ0v) is 13.2. The Kier molecular flexibility index (Phi) is 4.36. The summed E-state index contributed by atoms with van der Waals surface area (Å²) in [5, 5.41) is 5.82. The van der Waals surface area contributed by atoms with E-state index >= 15 is 0 Å². The molecule has 0 aliphatic heterocycles. The summed E-state index contributed by atoms with van der Waals surface area (Å²) in [6, 6.07) is 13.7. The second-order valence-corrected chi connectivity index (χ2v) is 7.06. The van der Waals surface area contributed by atoms with E-state index in [9.17, 15) is 0 Å². The molecule has 1 aromatic heterocycles. The molecule has 1 heterocycles. The molecule has 3 rings (SSSR count). The Morgan fingerprint density at radius 1 is 1.16 bits per heavy atom. The van der Waals surface area contributed by atoms with E-state index in [0.717, 1.165) is 18.9 Å². The van der Waals surface area contributed by atoms with Crippen LogP contribution in [-0.2, 0) is 6.42 Å². The predicted molar refractivity (Wildman–Crippen MR) is 85.9 cm³/mol. The average Bonchev–Trinajstić information content (AvgIpc) is 2.87. The van der Waals surface area contributed by atoms with Crippen molar-refractivity contribution < 1.29 is 0 Å². The van der Waals surface area contributed by atoms with Gasteiger partial charge in [-0.25, -0.2) is 0 Å². The van der Waals surface area contributed by atoms with Crippen molar-refractivity contribution in [2.45, 2.75) is 31.2 Å². The lowest BCUT2D eigenvalue weighted by atomic mass is 9.76. The van der Waals surface area contributed by atoms with E-state index < -0.39 is 0 Å². The van der Waals surface area contributed by atoms with Crippen molar-refractivity contribution in [1.29, 1.82) is 0 Å². The van der Waals surface area contributed by atoms with Gasteiger partial charge in [-0.15, -0.1) is 11.3 Å². The first kappa shape index (κ1) is 13.3. The molecule has 2 aromatic rings. The van der Waals surface area contributed by atoms with E-state index in [-0.39, 0.29) is 0 Å². The predicted octanol–water partition coefficient (Wildman–Crippen LogP) is 4.59. The summed E-state index contributed by atoms with van der Waals surface area (Å²) >= 11 is 5.50. The second-order valence-electron chi connectivity index (χ2n) is 5.17. The van der Waals surface area contributed by atoms with E-state index in [1.54, 1.807) is 0 Å². The molecule has 0 unspecified atom stereocenters. The Hall–Kier alpha value is -0.640. The minimum absolute atomic E-state index is 0.706. The number of benzene rings is 1. The Balaban J connectivity index is 1.42. The van der Waals surface area contributed by atoms with Crippen molar-refractivity contribution >= 4 is 27.3 Å². The first-order valence-corrected chi connectivity index (χ1v) is 8.50. The van der Waals surface area contributed by atoms with Crippen LogP contribution in [-0.4, -0.2) is 12.6 Å². The van der Waals surface area contributed by atoms with Crippen LogP contribution in [0.5, 0.6) is 0 Å². The highest BCUT2D eigenvalue weighted by atomic mass is 79.9. The fourth-order valence-corrected chi connectivity index (χ4v) is 4.02. The van der Waals surface area contributed by atoms with Crippen LogP contribution in [0.4, 0.5) is 0 Å². The lowest BCUT2D eigenvalue weighted by Crippen LogP contribution is -2.41.